The van der Waals surface area contributed by atoms with Crippen LogP contribution in [0.5, 0.6) is 5.75 Å². The van der Waals surface area contributed by atoms with E-state index in [-0.39, 0.29) is 24.0 Å². The molecule has 0 aliphatic heterocycles. The van der Waals surface area contributed by atoms with Crippen LogP contribution in [0.3, 0.4) is 0 Å². The number of ether oxygens (including phenoxy) is 1. The highest BCUT2D eigenvalue weighted by Gasteiger charge is 2.14. The van der Waals surface area contributed by atoms with Gasteiger partial charge in [0.2, 0.25) is 0 Å². The summed E-state index contributed by atoms with van der Waals surface area (Å²) in [5.41, 5.74) is 0.412. The predicted molar refractivity (Wildman–Crippen MR) is 71.5 cm³/mol. The van der Waals surface area contributed by atoms with Gasteiger partial charge in [-0.15, -0.1) is 0 Å². The minimum atomic E-state index is -2.88. The summed E-state index contributed by atoms with van der Waals surface area (Å²) in [7, 11) is 0. The second-order valence-corrected chi connectivity index (χ2v) is 4.72. The third-order valence-electron chi connectivity index (χ3n) is 2.86. The van der Waals surface area contributed by atoms with E-state index in [0.29, 0.717) is 11.4 Å². The first-order valence-electron chi connectivity index (χ1n) is 6.44. The van der Waals surface area contributed by atoms with Crippen LogP contribution >= 0.6 is 0 Å². The summed E-state index contributed by atoms with van der Waals surface area (Å²) in [5, 5.41) is 4.06. The fourth-order valence-electron chi connectivity index (χ4n) is 1.90. The molecule has 2 rings (SSSR count). The molecule has 1 heterocycles. The number of hydrogen-bond donors (Lipinski definition) is 0. The molecule has 0 spiro atoms. The van der Waals surface area contributed by atoms with E-state index in [9.17, 15) is 13.6 Å². The lowest BCUT2D eigenvalue weighted by Gasteiger charge is -2.09. The van der Waals surface area contributed by atoms with Crippen molar-refractivity contribution < 1.29 is 18.3 Å². The predicted octanol–water partition coefficient (Wildman–Crippen LogP) is 2.89. The number of carbonyl (C=O) groups is 1. The van der Waals surface area contributed by atoms with Gasteiger partial charge in [0.05, 0.1) is 6.42 Å². The molecule has 0 aliphatic carbocycles. The van der Waals surface area contributed by atoms with Gasteiger partial charge in [0.25, 0.3) is 0 Å². The highest BCUT2D eigenvalue weighted by Crippen LogP contribution is 2.16. The van der Waals surface area contributed by atoms with Crippen molar-refractivity contribution in [3.05, 3.63) is 42.0 Å². The smallest absolute Gasteiger partial charge is 0.387 e. The Balaban J connectivity index is 2.08. The molecular formula is C14H15F2N3O2. The van der Waals surface area contributed by atoms with Gasteiger partial charge >= 0.3 is 6.61 Å². The van der Waals surface area contributed by atoms with Gasteiger partial charge in [-0.1, -0.05) is 0 Å². The molecule has 0 unspecified atom stereocenters. The third kappa shape index (κ3) is 3.84. The molecule has 21 heavy (non-hydrogen) atoms. The van der Waals surface area contributed by atoms with Crippen LogP contribution in [0.25, 0.3) is 0 Å². The zero-order chi connectivity index (χ0) is 15.4. The fourth-order valence-corrected chi connectivity index (χ4v) is 1.90. The number of carbonyl (C=O) groups excluding carboxylic acids is 1. The summed E-state index contributed by atoms with van der Waals surface area (Å²) in [6.07, 6.45) is 1.51. The average Bonchev–Trinajstić information content (AvgIpc) is 2.87. The van der Waals surface area contributed by atoms with Crippen LogP contribution in [0.2, 0.25) is 0 Å². The lowest BCUT2D eigenvalue weighted by atomic mass is 10.1. The average molecular weight is 295 g/mol. The molecule has 0 fully saturated rings. The Labute approximate surface area is 120 Å². The summed E-state index contributed by atoms with van der Waals surface area (Å²) < 4.78 is 30.0. The number of aromatic nitrogens is 3. The van der Waals surface area contributed by atoms with Crippen molar-refractivity contribution in [1.82, 2.24) is 14.8 Å². The van der Waals surface area contributed by atoms with Crippen LogP contribution in [0, 0.1) is 0 Å². The molecule has 0 amide bonds. The molecule has 0 bridgehead atoms. The Morgan fingerprint density at radius 1 is 1.29 bits per heavy atom. The van der Waals surface area contributed by atoms with Crippen LogP contribution in [-0.2, 0) is 6.42 Å². The van der Waals surface area contributed by atoms with Gasteiger partial charge in [-0.3, -0.25) is 4.79 Å². The van der Waals surface area contributed by atoms with E-state index in [4.69, 9.17) is 0 Å². The van der Waals surface area contributed by atoms with Gasteiger partial charge in [-0.2, -0.15) is 13.9 Å². The first-order chi connectivity index (χ1) is 9.97. The Kier molecular flexibility index (Phi) is 4.62. The third-order valence-corrected chi connectivity index (χ3v) is 2.86. The summed E-state index contributed by atoms with van der Waals surface area (Å²) in [4.78, 5) is 16.2. The van der Waals surface area contributed by atoms with Crippen molar-refractivity contribution in [1.29, 1.82) is 0 Å². The first-order valence-corrected chi connectivity index (χ1v) is 6.44. The van der Waals surface area contributed by atoms with Crippen molar-refractivity contribution in [2.45, 2.75) is 32.9 Å². The molecule has 0 atom stereocenters. The molecule has 0 saturated heterocycles. The lowest BCUT2D eigenvalue weighted by molar-refractivity contribution is -0.0498. The summed E-state index contributed by atoms with van der Waals surface area (Å²) >= 11 is 0. The Morgan fingerprint density at radius 2 is 1.95 bits per heavy atom. The van der Waals surface area contributed by atoms with Gasteiger partial charge in [0, 0.05) is 11.6 Å². The number of hydrogen-bond acceptors (Lipinski definition) is 4. The van der Waals surface area contributed by atoms with E-state index in [2.05, 4.69) is 14.8 Å². The summed E-state index contributed by atoms with van der Waals surface area (Å²) in [6, 6.07) is 5.70. The van der Waals surface area contributed by atoms with Crippen LogP contribution in [0.4, 0.5) is 8.78 Å². The van der Waals surface area contributed by atoms with E-state index in [1.807, 2.05) is 13.8 Å². The standard InChI is InChI=1S/C14H15F2N3O2/c1-9(2)19-13(17-8-18-19)7-12(20)10-3-5-11(6-4-10)21-14(15)16/h3-6,8-9,14H,7H2,1-2H3. The number of rotatable bonds is 6. The van der Waals surface area contributed by atoms with Crippen LogP contribution in [-0.4, -0.2) is 27.2 Å². The van der Waals surface area contributed by atoms with E-state index in [1.54, 1.807) is 4.68 Å². The van der Waals surface area contributed by atoms with E-state index in [1.165, 1.54) is 30.6 Å². The molecule has 5 nitrogen and oxygen atoms in total. The van der Waals surface area contributed by atoms with Gasteiger partial charge in [-0.05, 0) is 38.1 Å². The van der Waals surface area contributed by atoms with Gasteiger partial charge in [0.15, 0.2) is 5.78 Å². The normalized spacial score (nSPS) is 11.1. The quantitative estimate of drug-likeness (QED) is 0.769. The second-order valence-electron chi connectivity index (χ2n) is 4.72. The second kappa shape index (κ2) is 6.43. The van der Waals surface area contributed by atoms with Gasteiger partial charge in [-0.25, -0.2) is 9.67 Å². The maximum atomic E-state index is 12.2. The molecule has 0 radical (unpaired) electrons. The van der Waals surface area contributed by atoms with E-state index >= 15 is 0 Å². The molecule has 1 aromatic heterocycles. The van der Waals surface area contributed by atoms with E-state index < -0.39 is 6.61 Å². The van der Waals surface area contributed by atoms with Crippen molar-refractivity contribution in [2.24, 2.45) is 0 Å². The van der Waals surface area contributed by atoms with Crippen LogP contribution < -0.4 is 4.74 Å². The zero-order valence-electron chi connectivity index (χ0n) is 11.7. The van der Waals surface area contributed by atoms with Crippen LogP contribution in [0.15, 0.2) is 30.6 Å². The molecule has 0 aliphatic rings. The highest BCUT2D eigenvalue weighted by atomic mass is 19.3. The minimum Gasteiger partial charge on any atom is -0.435 e. The zero-order valence-corrected chi connectivity index (χ0v) is 11.7. The van der Waals surface area contributed by atoms with Crippen LogP contribution in [0.1, 0.15) is 36.1 Å². The number of nitrogens with zero attached hydrogens (tertiary/aromatic N) is 3. The number of alkyl halides is 2. The largest absolute Gasteiger partial charge is 0.435 e. The Hall–Kier alpha value is -2.31. The SMILES string of the molecule is CC(C)n1ncnc1CC(=O)c1ccc(OC(F)F)cc1. The monoisotopic (exact) mass is 295 g/mol. The van der Waals surface area contributed by atoms with Crippen molar-refractivity contribution in [3.8, 4) is 5.75 Å². The molecule has 7 heteroatoms. The molecule has 0 saturated carbocycles. The van der Waals surface area contributed by atoms with Crippen molar-refractivity contribution in [2.75, 3.05) is 0 Å². The lowest BCUT2D eigenvalue weighted by Crippen LogP contribution is -2.13. The van der Waals surface area contributed by atoms with Crippen molar-refractivity contribution in [3.63, 3.8) is 0 Å². The molecule has 0 N–H and O–H groups in total. The van der Waals surface area contributed by atoms with Gasteiger partial charge < -0.3 is 4.74 Å². The Morgan fingerprint density at radius 3 is 2.52 bits per heavy atom. The Bertz CT molecular complexity index is 609. The maximum absolute atomic E-state index is 12.2. The molecule has 112 valence electrons. The fraction of sp³-hybridized carbons (Fsp3) is 0.357. The highest BCUT2D eigenvalue weighted by molar-refractivity contribution is 5.97. The topological polar surface area (TPSA) is 57.0 Å². The molecule has 2 aromatic rings. The summed E-state index contributed by atoms with van der Waals surface area (Å²) in [6.45, 7) is 1.01. The summed E-state index contributed by atoms with van der Waals surface area (Å²) in [5.74, 6) is 0.434. The number of benzene rings is 1. The number of ketones is 1. The van der Waals surface area contributed by atoms with Gasteiger partial charge in [0.1, 0.15) is 17.9 Å². The maximum Gasteiger partial charge on any atom is 0.387 e. The first kappa shape index (κ1) is 15.1. The molecule has 1 aromatic carbocycles. The van der Waals surface area contributed by atoms with Crippen molar-refractivity contribution >= 4 is 5.78 Å². The molecular weight excluding hydrogens is 280 g/mol. The number of Topliss-reactive ketones (excluding diaryl/α,β-unsaturated/α-hetero) is 1. The minimum absolute atomic E-state index is 0.0203. The van der Waals surface area contributed by atoms with E-state index in [0.717, 1.165) is 0 Å². The number of halogens is 2.